The first kappa shape index (κ1) is 28.6. The number of carbonyl (C=O) groups excluding carboxylic acids is 1. The van der Waals surface area contributed by atoms with E-state index in [1.54, 1.807) is 13.2 Å². The van der Waals surface area contributed by atoms with Crippen LogP contribution in [0.2, 0.25) is 0 Å². The van der Waals surface area contributed by atoms with Gasteiger partial charge in [0.1, 0.15) is 6.10 Å². The molecule has 5 atom stereocenters. The normalized spacial score (nSPS) is 28.8. The molecule has 0 fully saturated rings. The lowest BCUT2D eigenvalue weighted by Crippen LogP contribution is -2.23. The second-order valence-corrected chi connectivity index (χ2v) is 8.57. The minimum atomic E-state index is -0.483. The fraction of sp³-hybridized carbons (Fsp3) is 0.483. The summed E-state index contributed by atoms with van der Waals surface area (Å²) in [5.74, 6) is 0.0623. The molecule has 0 aromatic heterocycles. The van der Waals surface area contributed by atoms with E-state index in [-0.39, 0.29) is 24.1 Å². The number of allylic oxidation sites excluding steroid dienone is 9. The molecule has 1 aliphatic heterocycles. The van der Waals surface area contributed by atoms with Crippen molar-refractivity contribution in [3.63, 3.8) is 0 Å². The lowest BCUT2D eigenvalue weighted by atomic mass is 9.97. The Morgan fingerprint density at radius 1 is 1.09 bits per heavy atom. The van der Waals surface area contributed by atoms with Gasteiger partial charge in [0.15, 0.2) is 0 Å². The zero-order valence-corrected chi connectivity index (χ0v) is 20.9. The van der Waals surface area contributed by atoms with Crippen molar-refractivity contribution in [2.24, 2.45) is 11.8 Å². The number of hydrogen-bond acceptors (Lipinski definition) is 4. The number of cyclic esters (lactones) is 1. The van der Waals surface area contributed by atoms with Crippen molar-refractivity contribution in [1.29, 1.82) is 0 Å². The van der Waals surface area contributed by atoms with Gasteiger partial charge in [-0.25, -0.2) is 4.79 Å². The first-order chi connectivity index (χ1) is 15.8. The average Bonchev–Trinajstić information content (AvgIpc) is 2.79. The van der Waals surface area contributed by atoms with Gasteiger partial charge in [0.2, 0.25) is 0 Å². The van der Waals surface area contributed by atoms with Crippen LogP contribution in [-0.4, -0.2) is 36.5 Å². The lowest BCUT2D eigenvalue weighted by molar-refractivity contribution is -0.140. The second kappa shape index (κ2) is 17.1. The molecule has 0 aliphatic carbocycles. The Morgan fingerprint density at radius 3 is 2.61 bits per heavy atom. The highest BCUT2D eigenvalue weighted by molar-refractivity contribution is 5.82. The van der Waals surface area contributed by atoms with Gasteiger partial charge in [0.25, 0.3) is 0 Å². The summed E-state index contributed by atoms with van der Waals surface area (Å²) in [6.45, 7) is 8.18. The van der Waals surface area contributed by atoms with Crippen molar-refractivity contribution in [1.82, 2.24) is 0 Å². The third-order valence-electron chi connectivity index (χ3n) is 5.41. The highest BCUT2D eigenvalue weighted by Crippen LogP contribution is 2.15. The number of carbonyl (C=O) groups is 1. The molecular formula is C29H42O4. The highest BCUT2D eigenvalue weighted by Gasteiger charge is 2.16. The van der Waals surface area contributed by atoms with Crippen LogP contribution in [-0.2, 0) is 14.3 Å². The monoisotopic (exact) mass is 454 g/mol. The molecule has 4 nitrogen and oxygen atoms in total. The molecule has 0 radical (unpaired) electrons. The molecule has 0 bridgehead atoms. The van der Waals surface area contributed by atoms with Crippen LogP contribution in [0.3, 0.4) is 0 Å². The number of hydrogen-bond donors (Lipinski definition) is 1. The van der Waals surface area contributed by atoms with Crippen LogP contribution >= 0.6 is 0 Å². The molecule has 1 rings (SSSR count). The molecule has 182 valence electrons. The first-order valence-corrected chi connectivity index (χ1v) is 12.0. The molecule has 0 aromatic rings. The minimum absolute atomic E-state index is 0.0497. The standard InChI is InChI=1S/C29H42O4/c1-6-7-17-26-18-9-8-10-19-27(32-5)22-28(30)25(4)16-12-15-23(2)13-11-14-24(3)20-21-29(31)33-26/h7-14,16-17,19-21,23,25-28,30H,6,15,18,22H2,1-5H3/b9-8?,13-11?,16-12?,17-7+,19-10?,21-20?,24-14?. The van der Waals surface area contributed by atoms with Crippen LogP contribution in [0.1, 0.15) is 53.4 Å². The Bertz CT molecular complexity index is 766. The molecule has 0 aromatic carbocycles. The van der Waals surface area contributed by atoms with Crippen molar-refractivity contribution in [2.45, 2.75) is 71.7 Å². The quantitative estimate of drug-likeness (QED) is 0.395. The molecule has 0 amide bonds. The Kier molecular flexibility index (Phi) is 14.8. The van der Waals surface area contributed by atoms with E-state index >= 15 is 0 Å². The van der Waals surface area contributed by atoms with Crippen molar-refractivity contribution in [3.05, 3.63) is 84.6 Å². The maximum absolute atomic E-state index is 12.3. The van der Waals surface area contributed by atoms with Gasteiger partial charge in [-0.1, -0.05) is 93.2 Å². The van der Waals surface area contributed by atoms with Gasteiger partial charge < -0.3 is 14.6 Å². The second-order valence-electron chi connectivity index (χ2n) is 8.57. The Hall–Kier alpha value is -2.43. The highest BCUT2D eigenvalue weighted by atomic mass is 16.5. The van der Waals surface area contributed by atoms with Gasteiger partial charge in [-0.05, 0) is 31.8 Å². The average molecular weight is 455 g/mol. The summed E-state index contributed by atoms with van der Waals surface area (Å²) < 4.78 is 11.1. The predicted molar refractivity (Wildman–Crippen MR) is 138 cm³/mol. The lowest BCUT2D eigenvalue weighted by Gasteiger charge is -2.19. The number of rotatable bonds is 3. The molecule has 1 aliphatic rings. The number of ether oxygens (including phenoxy) is 2. The van der Waals surface area contributed by atoms with E-state index < -0.39 is 6.10 Å². The third kappa shape index (κ3) is 13.7. The minimum Gasteiger partial charge on any atom is -0.455 e. The summed E-state index contributed by atoms with van der Waals surface area (Å²) in [6, 6.07) is 0. The Labute approximate surface area is 200 Å². The van der Waals surface area contributed by atoms with Gasteiger partial charge in [0, 0.05) is 31.9 Å². The summed E-state index contributed by atoms with van der Waals surface area (Å²) in [5.41, 5.74) is 0.975. The van der Waals surface area contributed by atoms with Crippen LogP contribution in [0, 0.1) is 11.8 Å². The largest absolute Gasteiger partial charge is 0.455 e. The van der Waals surface area contributed by atoms with Gasteiger partial charge in [0.05, 0.1) is 12.2 Å². The number of methoxy groups -OCH3 is 1. The summed E-state index contributed by atoms with van der Waals surface area (Å²) in [4.78, 5) is 12.3. The summed E-state index contributed by atoms with van der Waals surface area (Å²) in [7, 11) is 1.65. The van der Waals surface area contributed by atoms with Crippen LogP contribution in [0.4, 0.5) is 0 Å². The fourth-order valence-electron chi connectivity index (χ4n) is 3.19. The summed E-state index contributed by atoms with van der Waals surface area (Å²) >= 11 is 0. The number of aliphatic hydroxyl groups is 1. The molecular weight excluding hydrogens is 412 g/mol. The number of aliphatic hydroxyl groups excluding tert-OH is 1. The molecule has 4 heteroatoms. The van der Waals surface area contributed by atoms with E-state index in [0.717, 1.165) is 18.4 Å². The molecule has 0 saturated carbocycles. The van der Waals surface area contributed by atoms with Crippen molar-refractivity contribution >= 4 is 5.97 Å². The SMILES string of the molecule is CC/C=C/C1CC=CC=CC(OC)CC(O)C(C)C=CCC(C)C=CC=C(C)C=CC(=O)O1. The molecule has 1 heterocycles. The van der Waals surface area contributed by atoms with Crippen molar-refractivity contribution in [2.75, 3.05) is 7.11 Å². The van der Waals surface area contributed by atoms with Gasteiger partial charge in [-0.3, -0.25) is 0 Å². The Balaban J connectivity index is 3.04. The van der Waals surface area contributed by atoms with Crippen molar-refractivity contribution < 1.29 is 19.4 Å². The summed E-state index contributed by atoms with van der Waals surface area (Å²) in [5, 5.41) is 10.6. The van der Waals surface area contributed by atoms with Gasteiger partial charge >= 0.3 is 5.97 Å². The zero-order valence-electron chi connectivity index (χ0n) is 20.9. The van der Waals surface area contributed by atoms with E-state index in [9.17, 15) is 9.90 Å². The maximum atomic E-state index is 12.3. The number of esters is 1. The summed E-state index contributed by atoms with van der Waals surface area (Å²) in [6.07, 6.45) is 27.2. The van der Waals surface area contributed by atoms with Crippen LogP contribution in [0.15, 0.2) is 84.6 Å². The predicted octanol–water partition coefficient (Wildman–Crippen LogP) is 6.42. The van der Waals surface area contributed by atoms with Crippen molar-refractivity contribution in [3.8, 4) is 0 Å². The smallest absolute Gasteiger partial charge is 0.331 e. The van der Waals surface area contributed by atoms with E-state index in [4.69, 9.17) is 9.47 Å². The molecule has 0 spiro atoms. The van der Waals surface area contributed by atoms with Crippen LogP contribution < -0.4 is 0 Å². The van der Waals surface area contributed by atoms with Gasteiger partial charge in [-0.2, -0.15) is 0 Å². The van der Waals surface area contributed by atoms with E-state index in [2.05, 4.69) is 25.2 Å². The molecule has 33 heavy (non-hydrogen) atoms. The zero-order chi connectivity index (χ0) is 24.5. The van der Waals surface area contributed by atoms with Crippen LogP contribution in [0.25, 0.3) is 0 Å². The molecule has 1 N–H and O–H groups in total. The van der Waals surface area contributed by atoms with E-state index in [0.29, 0.717) is 18.8 Å². The molecule has 0 saturated heterocycles. The molecule has 5 unspecified atom stereocenters. The van der Waals surface area contributed by atoms with E-state index in [1.165, 1.54) is 6.08 Å². The maximum Gasteiger partial charge on any atom is 0.331 e. The van der Waals surface area contributed by atoms with Gasteiger partial charge in [-0.15, -0.1) is 0 Å². The third-order valence-corrected chi connectivity index (χ3v) is 5.41. The van der Waals surface area contributed by atoms with E-state index in [1.807, 2.05) is 69.4 Å². The van der Waals surface area contributed by atoms with Crippen LogP contribution in [0.5, 0.6) is 0 Å². The first-order valence-electron chi connectivity index (χ1n) is 12.0. The topological polar surface area (TPSA) is 55.8 Å². The fourth-order valence-corrected chi connectivity index (χ4v) is 3.19. The Morgan fingerprint density at radius 2 is 1.88 bits per heavy atom.